The van der Waals surface area contributed by atoms with Crippen molar-refractivity contribution in [2.45, 2.75) is 25.8 Å². The van der Waals surface area contributed by atoms with Gasteiger partial charge in [-0.05, 0) is 31.4 Å². The standard InChI is InChI=1S/C10H15ClN4O/c1-6-8(12)9(15-10(11)13-6)14-7-2-4-16-5-3-7/h7H,2-5,12H2,1H3,(H,13,14,15). The smallest absolute Gasteiger partial charge is 0.224 e. The van der Waals surface area contributed by atoms with Gasteiger partial charge in [-0.1, -0.05) is 0 Å². The fourth-order valence-electron chi connectivity index (χ4n) is 1.69. The maximum atomic E-state index is 5.89. The predicted octanol–water partition coefficient (Wildman–Crippen LogP) is 1.61. The van der Waals surface area contributed by atoms with Crippen LogP contribution in [0.1, 0.15) is 18.5 Å². The number of hydrogen-bond donors (Lipinski definition) is 2. The molecule has 1 aliphatic heterocycles. The zero-order valence-electron chi connectivity index (χ0n) is 9.16. The molecule has 0 saturated carbocycles. The zero-order chi connectivity index (χ0) is 11.5. The Labute approximate surface area is 99.4 Å². The summed E-state index contributed by atoms with van der Waals surface area (Å²) in [6.07, 6.45) is 1.92. The monoisotopic (exact) mass is 242 g/mol. The minimum atomic E-state index is 0.223. The van der Waals surface area contributed by atoms with E-state index in [1.165, 1.54) is 0 Å². The topological polar surface area (TPSA) is 73.1 Å². The van der Waals surface area contributed by atoms with Crippen LogP contribution in [0.3, 0.4) is 0 Å². The van der Waals surface area contributed by atoms with Gasteiger partial charge in [-0.2, -0.15) is 4.98 Å². The molecule has 5 nitrogen and oxygen atoms in total. The lowest BCUT2D eigenvalue weighted by Crippen LogP contribution is -2.28. The van der Waals surface area contributed by atoms with Gasteiger partial charge in [0, 0.05) is 19.3 Å². The van der Waals surface area contributed by atoms with Gasteiger partial charge in [0.1, 0.15) is 0 Å². The molecule has 1 fully saturated rings. The van der Waals surface area contributed by atoms with Crippen LogP contribution in [0, 0.1) is 6.92 Å². The minimum absolute atomic E-state index is 0.223. The molecular weight excluding hydrogens is 228 g/mol. The second-order valence-corrected chi connectivity index (χ2v) is 4.21. The Morgan fingerprint density at radius 2 is 2.06 bits per heavy atom. The highest BCUT2D eigenvalue weighted by Gasteiger charge is 2.16. The number of rotatable bonds is 2. The van der Waals surface area contributed by atoms with Gasteiger partial charge in [-0.3, -0.25) is 0 Å². The van der Waals surface area contributed by atoms with Crippen molar-refractivity contribution in [1.29, 1.82) is 0 Å². The molecule has 0 unspecified atom stereocenters. The summed E-state index contributed by atoms with van der Waals surface area (Å²) in [5.41, 5.74) is 7.16. The first-order valence-electron chi connectivity index (χ1n) is 5.30. The van der Waals surface area contributed by atoms with Crippen LogP contribution in [0.25, 0.3) is 0 Å². The predicted molar refractivity (Wildman–Crippen MR) is 63.7 cm³/mol. The van der Waals surface area contributed by atoms with Crippen LogP contribution in [0.4, 0.5) is 11.5 Å². The highest BCUT2D eigenvalue weighted by molar-refractivity contribution is 6.28. The van der Waals surface area contributed by atoms with E-state index in [1.54, 1.807) is 0 Å². The molecule has 2 rings (SSSR count). The lowest BCUT2D eigenvalue weighted by molar-refractivity contribution is 0.0904. The summed E-state index contributed by atoms with van der Waals surface area (Å²) in [4.78, 5) is 8.10. The number of nitrogens with zero attached hydrogens (tertiary/aromatic N) is 2. The molecule has 2 heterocycles. The molecule has 16 heavy (non-hydrogen) atoms. The third-order valence-corrected chi connectivity index (χ3v) is 2.84. The van der Waals surface area contributed by atoms with Gasteiger partial charge in [-0.25, -0.2) is 4.98 Å². The fraction of sp³-hybridized carbons (Fsp3) is 0.600. The van der Waals surface area contributed by atoms with Crippen LogP contribution in [0.15, 0.2) is 0 Å². The Hall–Kier alpha value is -1.07. The Morgan fingerprint density at radius 1 is 1.38 bits per heavy atom. The number of aryl methyl sites for hydroxylation is 1. The number of nitrogens with two attached hydrogens (primary N) is 1. The van der Waals surface area contributed by atoms with Crippen LogP contribution in [0.2, 0.25) is 5.28 Å². The molecule has 0 bridgehead atoms. The van der Waals surface area contributed by atoms with Gasteiger partial charge >= 0.3 is 0 Å². The van der Waals surface area contributed by atoms with Crippen molar-refractivity contribution in [2.75, 3.05) is 24.3 Å². The second kappa shape index (κ2) is 4.84. The molecule has 6 heteroatoms. The van der Waals surface area contributed by atoms with E-state index in [0.717, 1.165) is 26.1 Å². The largest absolute Gasteiger partial charge is 0.394 e. The van der Waals surface area contributed by atoms with Crippen molar-refractivity contribution < 1.29 is 4.74 Å². The second-order valence-electron chi connectivity index (χ2n) is 3.87. The molecule has 0 amide bonds. The molecule has 3 N–H and O–H groups in total. The number of hydrogen-bond acceptors (Lipinski definition) is 5. The van der Waals surface area contributed by atoms with Crippen molar-refractivity contribution in [3.05, 3.63) is 11.0 Å². The number of nitrogens with one attached hydrogen (secondary N) is 1. The van der Waals surface area contributed by atoms with Gasteiger partial charge in [0.15, 0.2) is 5.82 Å². The fourth-order valence-corrected chi connectivity index (χ4v) is 1.90. The summed E-state index contributed by atoms with van der Waals surface area (Å²) in [5, 5.41) is 3.51. The maximum Gasteiger partial charge on any atom is 0.224 e. The molecule has 1 aromatic rings. The number of ether oxygens (including phenoxy) is 1. The highest BCUT2D eigenvalue weighted by Crippen LogP contribution is 2.23. The van der Waals surface area contributed by atoms with Crippen LogP contribution >= 0.6 is 11.6 Å². The lowest BCUT2D eigenvalue weighted by Gasteiger charge is -2.24. The normalized spacial score (nSPS) is 17.4. The van der Waals surface area contributed by atoms with E-state index < -0.39 is 0 Å². The zero-order valence-corrected chi connectivity index (χ0v) is 9.92. The summed E-state index contributed by atoms with van der Waals surface area (Å²) in [7, 11) is 0. The van der Waals surface area contributed by atoms with E-state index in [9.17, 15) is 0 Å². The first-order valence-corrected chi connectivity index (χ1v) is 5.68. The summed E-state index contributed by atoms with van der Waals surface area (Å²) < 4.78 is 5.29. The van der Waals surface area contributed by atoms with E-state index in [0.29, 0.717) is 23.2 Å². The molecule has 0 aliphatic carbocycles. The molecule has 0 spiro atoms. The van der Waals surface area contributed by atoms with Crippen LogP contribution in [0.5, 0.6) is 0 Å². The lowest BCUT2D eigenvalue weighted by atomic mass is 10.1. The first-order chi connectivity index (χ1) is 7.66. The molecule has 1 saturated heterocycles. The average Bonchev–Trinajstić information content (AvgIpc) is 2.27. The van der Waals surface area contributed by atoms with Gasteiger partial charge in [0.2, 0.25) is 5.28 Å². The molecule has 1 aromatic heterocycles. The summed E-state index contributed by atoms with van der Waals surface area (Å²) >= 11 is 5.80. The summed E-state index contributed by atoms with van der Waals surface area (Å²) in [6.45, 7) is 3.36. The van der Waals surface area contributed by atoms with Gasteiger partial charge in [0.05, 0.1) is 11.4 Å². The Kier molecular flexibility index (Phi) is 3.46. The van der Waals surface area contributed by atoms with Crippen molar-refractivity contribution >= 4 is 23.1 Å². The van der Waals surface area contributed by atoms with Crippen molar-refractivity contribution in [3.63, 3.8) is 0 Å². The number of halogens is 1. The van der Waals surface area contributed by atoms with E-state index >= 15 is 0 Å². The van der Waals surface area contributed by atoms with E-state index in [4.69, 9.17) is 22.1 Å². The number of anilines is 2. The van der Waals surface area contributed by atoms with E-state index in [-0.39, 0.29) is 5.28 Å². The average molecular weight is 243 g/mol. The summed E-state index contributed by atoms with van der Waals surface area (Å²) in [6, 6.07) is 0.349. The van der Waals surface area contributed by atoms with E-state index in [1.807, 2.05) is 6.92 Å². The van der Waals surface area contributed by atoms with Crippen molar-refractivity contribution in [1.82, 2.24) is 9.97 Å². The SMILES string of the molecule is Cc1nc(Cl)nc(NC2CCOCC2)c1N. The van der Waals surface area contributed by atoms with Crippen LogP contribution in [-0.2, 0) is 4.74 Å². The molecule has 88 valence electrons. The van der Waals surface area contributed by atoms with Gasteiger partial charge in [-0.15, -0.1) is 0 Å². The molecule has 1 aliphatic rings. The van der Waals surface area contributed by atoms with Gasteiger partial charge < -0.3 is 15.8 Å². The Bertz CT molecular complexity index is 379. The van der Waals surface area contributed by atoms with Crippen LogP contribution in [-0.4, -0.2) is 29.2 Å². The van der Waals surface area contributed by atoms with Crippen molar-refractivity contribution in [3.8, 4) is 0 Å². The third kappa shape index (κ3) is 2.54. The quantitative estimate of drug-likeness (QED) is 0.771. The molecular formula is C10H15ClN4O. The number of aromatic nitrogens is 2. The van der Waals surface area contributed by atoms with Gasteiger partial charge in [0.25, 0.3) is 0 Å². The minimum Gasteiger partial charge on any atom is -0.394 e. The molecule has 0 aromatic carbocycles. The molecule has 0 atom stereocenters. The van der Waals surface area contributed by atoms with Crippen molar-refractivity contribution in [2.24, 2.45) is 0 Å². The Morgan fingerprint density at radius 3 is 2.75 bits per heavy atom. The maximum absolute atomic E-state index is 5.89. The third-order valence-electron chi connectivity index (χ3n) is 2.67. The summed E-state index contributed by atoms with van der Waals surface area (Å²) in [5.74, 6) is 0.629. The number of nitrogen functional groups attached to an aromatic ring is 1. The highest BCUT2D eigenvalue weighted by atomic mass is 35.5. The Balaban J connectivity index is 2.13. The first kappa shape index (κ1) is 11.4. The van der Waals surface area contributed by atoms with Crippen LogP contribution < -0.4 is 11.1 Å². The molecule has 0 radical (unpaired) electrons. The van der Waals surface area contributed by atoms with E-state index in [2.05, 4.69) is 15.3 Å².